The summed E-state index contributed by atoms with van der Waals surface area (Å²) in [5.74, 6) is 0.469. The van der Waals surface area contributed by atoms with Crippen molar-refractivity contribution in [3.8, 4) is 11.8 Å². The van der Waals surface area contributed by atoms with Crippen molar-refractivity contribution in [2.45, 2.75) is 6.42 Å². The summed E-state index contributed by atoms with van der Waals surface area (Å²) in [4.78, 5) is 16.3. The van der Waals surface area contributed by atoms with E-state index in [1.807, 2.05) is 6.07 Å². The summed E-state index contributed by atoms with van der Waals surface area (Å²) in [5.41, 5.74) is 9.36. The Morgan fingerprint density at radius 2 is 2.45 bits per heavy atom. The Morgan fingerprint density at radius 1 is 1.65 bits per heavy atom. The molecule has 1 aromatic carbocycles. The first-order valence-corrected chi connectivity index (χ1v) is 6.09. The monoisotopic (exact) mass is 271 g/mol. The Labute approximate surface area is 116 Å². The fraction of sp³-hybridized carbons (Fsp3) is 0.385. The molecule has 1 saturated heterocycles. The van der Waals surface area contributed by atoms with Gasteiger partial charge in [-0.3, -0.25) is 4.79 Å². The van der Waals surface area contributed by atoms with Crippen molar-refractivity contribution < 1.29 is 9.53 Å². The molecule has 0 aromatic heterocycles. The average Bonchev–Trinajstić information content (AvgIpc) is 2.85. The van der Waals surface area contributed by atoms with E-state index in [9.17, 15) is 4.79 Å². The number of amides is 1. The molecule has 1 heterocycles. The van der Waals surface area contributed by atoms with Crippen LogP contribution in [0.2, 0.25) is 0 Å². The second-order valence-corrected chi connectivity index (χ2v) is 4.48. The van der Waals surface area contributed by atoms with Gasteiger partial charge in [0, 0.05) is 30.1 Å². The van der Waals surface area contributed by atoms with Crippen molar-refractivity contribution >= 4 is 11.6 Å². The summed E-state index contributed by atoms with van der Waals surface area (Å²) in [6.07, 6.45) is 0.354. The minimum Gasteiger partial charge on any atom is -0.495 e. The van der Waals surface area contributed by atoms with Crippen molar-refractivity contribution in [1.82, 2.24) is 0 Å². The molecule has 1 amide bonds. The highest BCUT2D eigenvalue weighted by molar-refractivity contribution is 5.96. The summed E-state index contributed by atoms with van der Waals surface area (Å²) in [7, 11) is 1.49. The van der Waals surface area contributed by atoms with Crippen molar-refractivity contribution in [2.75, 3.05) is 25.1 Å². The molecule has 0 bridgehead atoms. The Bertz CT molecular complexity index is 616. The number of carbonyl (C=O) groups excluding carboxylic acids is 1. The van der Waals surface area contributed by atoms with Gasteiger partial charge in [0.15, 0.2) is 0 Å². The van der Waals surface area contributed by atoms with E-state index < -0.39 is 0 Å². The lowest BCUT2D eigenvalue weighted by molar-refractivity contribution is -0.117. The number of benzene rings is 1. The van der Waals surface area contributed by atoms with Gasteiger partial charge in [0.05, 0.1) is 12.7 Å². The van der Waals surface area contributed by atoms with Crippen LogP contribution in [0.1, 0.15) is 12.0 Å². The Kier molecular flexibility index (Phi) is 4.08. The summed E-state index contributed by atoms with van der Waals surface area (Å²) in [6, 6.07) is 7.08. The van der Waals surface area contributed by atoms with Crippen molar-refractivity contribution in [1.29, 1.82) is 5.26 Å². The zero-order chi connectivity index (χ0) is 14.5. The standard InChI is InChI=1S/C13H13N5O2/c1-20-12-3-2-11(5-10(12)6-14)18-8-9(4-13(18)19)7-16-17-15/h2-3,5,9H,4,7-8H2,1H3. The van der Waals surface area contributed by atoms with E-state index in [0.29, 0.717) is 36.5 Å². The maximum Gasteiger partial charge on any atom is 0.227 e. The van der Waals surface area contributed by atoms with Gasteiger partial charge in [-0.25, -0.2) is 0 Å². The summed E-state index contributed by atoms with van der Waals surface area (Å²) >= 11 is 0. The molecule has 0 aliphatic carbocycles. The van der Waals surface area contributed by atoms with Crippen LogP contribution in [0.5, 0.6) is 5.75 Å². The molecule has 20 heavy (non-hydrogen) atoms. The largest absolute Gasteiger partial charge is 0.495 e. The topological polar surface area (TPSA) is 102 Å². The number of rotatable bonds is 4. The second-order valence-electron chi connectivity index (χ2n) is 4.48. The molecule has 7 nitrogen and oxygen atoms in total. The number of hydrogen-bond donors (Lipinski definition) is 0. The number of azide groups is 1. The summed E-state index contributed by atoms with van der Waals surface area (Å²) in [6.45, 7) is 0.801. The Balaban J connectivity index is 2.22. The van der Waals surface area contributed by atoms with E-state index in [4.69, 9.17) is 15.5 Å². The van der Waals surface area contributed by atoms with Crippen LogP contribution < -0.4 is 9.64 Å². The molecular formula is C13H13N5O2. The van der Waals surface area contributed by atoms with Crippen LogP contribution in [-0.2, 0) is 4.79 Å². The van der Waals surface area contributed by atoms with Gasteiger partial charge in [-0.15, -0.1) is 0 Å². The van der Waals surface area contributed by atoms with E-state index in [-0.39, 0.29) is 11.8 Å². The molecule has 2 rings (SSSR count). The van der Waals surface area contributed by atoms with Crippen molar-refractivity contribution in [3.63, 3.8) is 0 Å². The Hall–Kier alpha value is -2.71. The molecule has 1 aromatic rings. The highest BCUT2D eigenvalue weighted by atomic mass is 16.5. The lowest BCUT2D eigenvalue weighted by Gasteiger charge is -2.17. The highest BCUT2D eigenvalue weighted by Crippen LogP contribution is 2.29. The van der Waals surface area contributed by atoms with Crippen LogP contribution in [0.3, 0.4) is 0 Å². The van der Waals surface area contributed by atoms with Gasteiger partial charge in [-0.05, 0) is 29.6 Å². The molecule has 1 unspecified atom stereocenters. The van der Waals surface area contributed by atoms with Gasteiger partial charge in [0.1, 0.15) is 11.8 Å². The van der Waals surface area contributed by atoms with E-state index in [1.54, 1.807) is 23.1 Å². The third-order valence-corrected chi connectivity index (χ3v) is 3.22. The van der Waals surface area contributed by atoms with Crippen LogP contribution in [0.15, 0.2) is 23.3 Å². The zero-order valence-corrected chi connectivity index (χ0v) is 11.0. The van der Waals surface area contributed by atoms with Crippen molar-refractivity contribution in [3.05, 3.63) is 34.2 Å². The fourth-order valence-corrected chi connectivity index (χ4v) is 2.26. The first-order valence-electron chi connectivity index (χ1n) is 6.09. The SMILES string of the molecule is COc1ccc(N2CC(CN=[N+]=[N-])CC2=O)cc1C#N. The van der Waals surface area contributed by atoms with Gasteiger partial charge >= 0.3 is 0 Å². The summed E-state index contributed by atoms with van der Waals surface area (Å²) in [5, 5.41) is 12.6. The minimum absolute atomic E-state index is 0.0195. The van der Waals surface area contributed by atoms with Crippen LogP contribution in [0.4, 0.5) is 5.69 Å². The normalized spacial score (nSPS) is 17.5. The van der Waals surface area contributed by atoms with E-state index in [0.717, 1.165) is 0 Å². The maximum absolute atomic E-state index is 12.0. The molecular weight excluding hydrogens is 258 g/mol. The lowest BCUT2D eigenvalue weighted by atomic mass is 10.1. The number of carbonyl (C=O) groups is 1. The quantitative estimate of drug-likeness (QED) is 0.476. The third-order valence-electron chi connectivity index (χ3n) is 3.22. The van der Waals surface area contributed by atoms with Crippen LogP contribution in [0, 0.1) is 17.2 Å². The molecule has 1 aliphatic heterocycles. The zero-order valence-electron chi connectivity index (χ0n) is 11.0. The van der Waals surface area contributed by atoms with Gasteiger partial charge in [-0.2, -0.15) is 5.26 Å². The van der Waals surface area contributed by atoms with Crippen LogP contribution in [0.25, 0.3) is 10.4 Å². The fourth-order valence-electron chi connectivity index (χ4n) is 2.26. The predicted molar refractivity (Wildman–Crippen MR) is 72.2 cm³/mol. The van der Waals surface area contributed by atoms with Crippen molar-refractivity contribution in [2.24, 2.45) is 11.0 Å². The molecule has 102 valence electrons. The van der Waals surface area contributed by atoms with Gasteiger partial charge < -0.3 is 9.64 Å². The number of hydrogen-bond acceptors (Lipinski definition) is 4. The second kappa shape index (κ2) is 5.95. The molecule has 0 N–H and O–H groups in total. The van der Waals surface area contributed by atoms with Crippen LogP contribution >= 0.6 is 0 Å². The van der Waals surface area contributed by atoms with Gasteiger partial charge in [-0.1, -0.05) is 5.11 Å². The first-order chi connectivity index (χ1) is 9.69. The first kappa shape index (κ1) is 13.7. The molecule has 1 aliphatic rings. The highest BCUT2D eigenvalue weighted by Gasteiger charge is 2.30. The molecule has 0 spiro atoms. The third kappa shape index (κ3) is 2.66. The van der Waals surface area contributed by atoms with Gasteiger partial charge in [0.25, 0.3) is 0 Å². The van der Waals surface area contributed by atoms with E-state index >= 15 is 0 Å². The van der Waals surface area contributed by atoms with Gasteiger partial charge in [0.2, 0.25) is 5.91 Å². The smallest absolute Gasteiger partial charge is 0.227 e. The molecule has 0 saturated carbocycles. The number of nitrogens with zero attached hydrogens (tertiary/aromatic N) is 5. The lowest BCUT2D eigenvalue weighted by Crippen LogP contribution is -2.24. The molecule has 0 radical (unpaired) electrons. The average molecular weight is 271 g/mol. The summed E-state index contributed by atoms with van der Waals surface area (Å²) < 4.78 is 5.07. The molecule has 1 fully saturated rings. The predicted octanol–water partition coefficient (Wildman–Crippen LogP) is 2.23. The van der Waals surface area contributed by atoms with E-state index in [1.165, 1.54) is 7.11 Å². The number of ether oxygens (including phenoxy) is 1. The number of methoxy groups -OCH3 is 1. The number of nitriles is 1. The number of anilines is 1. The molecule has 1 atom stereocenters. The van der Waals surface area contributed by atoms with Crippen LogP contribution in [-0.4, -0.2) is 26.1 Å². The van der Waals surface area contributed by atoms with E-state index in [2.05, 4.69) is 10.0 Å². The Morgan fingerprint density at radius 3 is 3.10 bits per heavy atom. The molecule has 7 heteroatoms. The minimum atomic E-state index is -0.0304. The maximum atomic E-state index is 12.0.